The van der Waals surface area contributed by atoms with Gasteiger partial charge in [0.2, 0.25) is 0 Å². The lowest BCUT2D eigenvalue weighted by Gasteiger charge is -2.58. The minimum Gasteiger partial charge on any atom is -0.488 e. The van der Waals surface area contributed by atoms with Crippen LogP contribution in [0.5, 0.6) is 5.75 Å². The molecule has 0 saturated heterocycles. The van der Waals surface area contributed by atoms with Crippen molar-refractivity contribution in [3.63, 3.8) is 0 Å². The molecular weight excluding hydrogens is 470 g/mol. The van der Waals surface area contributed by atoms with Crippen molar-refractivity contribution >= 4 is 27.7 Å². The van der Waals surface area contributed by atoms with Crippen molar-refractivity contribution in [2.75, 3.05) is 6.61 Å². The fourth-order valence-corrected chi connectivity index (χ4v) is 5.65. The SMILES string of the molecule is CCOC(=O)C1=CN2C(CC1=O)c1cc(Br)c(OCc3ccccc3)cc1CC21CCC1. The van der Waals surface area contributed by atoms with E-state index in [4.69, 9.17) is 9.47 Å². The van der Waals surface area contributed by atoms with Crippen LogP contribution in [0.4, 0.5) is 0 Å². The number of esters is 1. The predicted molar refractivity (Wildman–Crippen MR) is 124 cm³/mol. The van der Waals surface area contributed by atoms with Crippen LogP contribution in [-0.4, -0.2) is 28.8 Å². The largest absolute Gasteiger partial charge is 0.488 e. The summed E-state index contributed by atoms with van der Waals surface area (Å²) in [6, 6.07) is 14.3. The number of hydrogen-bond donors (Lipinski definition) is 0. The Bertz CT molecular complexity index is 1090. The van der Waals surface area contributed by atoms with Crippen LogP contribution in [0.2, 0.25) is 0 Å². The Labute approximate surface area is 196 Å². The van der Waals surface area contributed by atoms with Gasteiger partial charge in [0.1, 0.15) is 17.9 Å². The molecular formula is C26H26BrNO4. The Morgan fingerprint density at radius 3 is 2.69 bits per heavy atom. The van der Waals surface area contributed by atoms with Gasteiger partial charge in [0, 0.05) is 18.2 Å². The lowest BCUT2D eigenvalue weighted by atomic mass is 9.66. The first kappa shape index (κ1) is 21.3. The van der Waals surface area contributed by atoms with E-state index in [1.165, 1.54) is 5.56 Å². The molecule has 5 nitrogen and oxygen atoms in total. The van der Waals surface area contributed by atoms with E-state index in [-0.39, 0.29) is 36.0 Å². The van der Waals surface area contributed by atoms with E-state index in [1.807, 2.05) is 18.2 Å². The second kappa shape index (κ2) is 8.39. The van der Waals surface area contributed by atoms with Crippen molar-refractivity contribution < 1.29 is 19.1 Å². The van der Waals surface area contributed by atoms with Crippen LogP contribution in [0.3, 0.4) is 0 Å². The molecule has 1 saturated carbocycles. The summed E-state index contributed by atoms with van der Waals surface area (Å²) in [6.07, 6.45) is 6.22. The molecule has 32 heavy (non-hydrogen) atoms. The monoisotopic (exact) mass is 495 g/mol. The quantitative estimate of drug-likeness (QED) is 0.417. The Morgan fingerprint density at radius 1 is 1.22 bits per heavy atom. The number of halogens is 1. The van der Waals surface area contributed by atoms with Crippen LogP contribution < -0.4 is 4.74 Å². The molecule has 5 rings (SSSR count). The molecule has 0 radical (unpaired) electrons. The summed E-state index contributed by atoms with van der Waals surface area (Å²) < 4.78 is 12.2. The van der Waals surface area contributed by atoms with Crippen molar-refractivity contribution in [2.45, 2.75) is 57.2 Å². The number of rotatable bonds is 5. The van der Waals surface area contributed by atoms with Gasteiger partial charge in [0.15, 0.2) is 5.78 Å². The van der Waals surface area contributed by atoms with Crippen molar-refractivity contribution in [1.29, 1.82) is 0 Å². The number of hydrogen-bond acceptors (Lipinski definition) is 5. The lowest BCUT2D eigenvalue weighted by Crippen LogP contribution is -2.58. The molecule has 0 bridgehead atoms. The zero-order valence-corrected chi connectivity index (χ0v) is 19.7. The molecule has 1 fully saturated rings. The maximum absolute atomic E-state index is 12.9. The number of benzene rings is 2. The first-order valence-corrected chi connectivity index (χ1v) is 12.0. The highest BCUT2D eigenvalue weighted by Crippen LogP contribution is 2.53. The minimum absolute atomic E-state index is 0.0410. The van der Waals surface area contributed by atoms with E-state index in [1.54, 1.807) is 13.1 Å². The van der Waals surface area contributed by atoms with Gasteiger partial charge >= 0.3 is 5.97 Å². The number of nitrogens with zero attached hydrogens (tertiary/aromatic N) is 1. The summed E-state index contributed by atoms with van der Waals surface area (Å²) in [5.41, 5.74) is 3.63. The Balaban J connectivity index is 1.48. The lowest BCUT2D eigenvalue weighted by molar-refractivity contribution is -0.141. The second-order valence-electron chi connectivity index (χ2n) is 8.82. The number of fused-ring (bicyclic) bond motifs is 4. The Hall–Kier alpha value is -2.60. The standard InChI is InChI=1S/C26H26BrNO4/c1-2-31-25(30)20-15-28-22(13-23(20)29)19-12-21(27)24(32-16-17-7-4-3-5-8-17)11-18(19)14-26(28)9-6-10-26/h3-5,7-8,11-12,15,22H,2,6,9-10,13-14,16H2,1H3. The van der Waals surface area contributed by atoms with Gasteiger partial charge in [0.05, 0.1) is 17.1 Å². The first-order chi connectivity index (χ1) is 15.5. The summed E-state index contributed by atoms with van der Waals surface area (Å²) in [4.78, 5) is 27.5. The molecule has 3 aliphatic rings. The smallest absolute Gasteiger partial charge is 0.343 e. The highest BCUT2D eigenvalue weighted by Gasteiger charge is 2.51. The van der Waals surface area contributed by atoms with E-state index in [0.717, 1.165) is 47.0 Å². The highest BCUT2D eigenvalue weighted by molar-refractivity contribution is 9.10. The zero-order chi connectivity index (χ0) is 22.3. The van der Waals surface area contributed by atoms with E-state index in [9.17, 15) is 9.59 Å². The number of ether oxygens (including phenoxy) is 2. The average molecular weight is 496 g/mol. The third kappa shape index (κ3) is 3.64. The van der Waals surface area contributed by atoms with E-state index in [0.29, 0.717) is 6.61 Å². The summed E-state index contributed by atoms with van der Waals surface area (Å²) in [5.74, 6) is 0.162. The first-order valence-electron chi connectivity index (χ1n) is 11.2. The number of carbonyl (C=O) groups is 2. The van der Waals surface area contributed by atoms with Gasteiger partial charge in [-0.15, -0.1) is 0 Å². The van der Waals surface area contributed by atoms with Gasteiger partial charge in [-0.05, 0) is 77.4 Å². The molecule has 2 aliphatic heterocycles. The van der Waals surface area contributed by atoms with Crippen molar-refractivity contribution in [3.05, 3.63) is 75.4 Å². The molecule has 1 unspecified atom stereocenters. The van der Waals surface area contributed by atoms with Gasteiger partial charge in [-0.1, -0.05) is 30.3 Å². The molecule has 0 N–H and O–H groups in total. The molecule has 0 amide bonds. The van der Waals surface area contributed by atoms with Gasteiger partial charge in [0.25, 0.3) is 0 Å². The summed E-state index contributed by atoms with van der Waals surface area (Å²) >= 11 is 3.68. The van der Waals surface area contributed by atoms with Gasteiger partial charge in [-0.25, -0.2) is 4.79 Å². The van der Waals surface area contributed by atoms with Crippen LogP contribution in [0.15, 0.2) is 58.7 Å². The summed E-state index contributed by atoms with van der Waals surface area (Å²) in [7, 11) is 0. The number of ketones is 1. The van der Waals surface area contributed by atoms with Crippen molar-refractivity contribution in [1.82, 2.24) is 4.90 Å². The third-order valence-electron chi connectivity index (χ3n) is 6.92. The Kier molecular flexibility index (Phi) is 5.58. The highest BCUT2D eigenvalue weighted by atomic mass is 79.9. The molecule has 1 spiro atoms. The number of Topliss-reactive ketones (excluding diaryl/α,β-unsaturated/α-hetero) is 1. The molecule has 1 aliphatic carbocycles. The number of carbonyl (C=O) groups excluding carboxylic acids is 2. The average Bonchev–Trinajstić information content (AvgIpc) is 2.77. The van der Waals surface area contributed by atoms with Crippen LogP contribution >= 0.6 is 15.9 Å². The normalized spacial score (nSPS) is 20.7. The molecule has 2 heterocycles. The van der Waals surface area contributed by atoms with Crippen LogP contribution in [-0.2, 0) is 27.4 Å². The van der Waals surface area contributed by atoms with Crippen molar-refractivity contribution in [3.8, 4) is 5.75 Å². The maximum atomic E-state index is 12.9. The molecule has 6 heteroatoms. The summed E-state index contributed by atoms with van der Waals surface area (Å²) in [5, 5.41) is 0. The molecule has 166 valence electrons. The molecule has 2 aromatic rings. The minimum atomic E-state index is -0.512. The maximum Gasteiger partial charge on any atom is 0.343 e. The van der Waals surface area contributed by atoms with Crippen LogP contribution in [0.1, 0.15) is 55.3 Å². The Morgan fingerprint density at radius 2 is 2.00 bits per heavy atom. The van der Waals surface area contributed by atoms with Crippen molar-refractivity contribution in [2.24, 2.45) is 0 Å². The topological polar surface area (TPSA) is 55.8 Å². The zero-order valence-electron chi connectivity index (χ0n) is 18.1. The van der Waals surface area contributed by atoms with Crippen LogP contribution in [0, 0.1) is 0 Å². The molecule has 0 aromatic heterocycles. The van der Waals surface area contributed by atoms with E-state index >= 15 is 0 Å². The van der Waals surface area contributed by atoms with Gasteiger partial charge in [-0.3, -0.25) is 4.79 Å². The van der Waals surface area contributed by atoms with E-state index < -0.39 is 5.97 Å². The molecule has 2 aromatic carbocycles. The van der Waals surface area contributed by atoms with E-state index in [2.05, 4.69) is 45.1 Å². The van der Waals surface area contributed by atoms with Crippen LogP contribution in [0.25, 0.3) is 0 Å². The fourth-order valence-electron chi connectivity index (χ4n) is 5.17. The fraction of sp³-hybridized carbons (Fsp3) is 0.385. The molecule has 1 atom stereocenters. The van der Waals surface area contributed by atoms with Gasteiger partial charge in [-0.2, -0.15) is 0 Å². The summed E-state index contributed by atoms with van der Waals surface area (Å²) in [6.45, 7) is 2.52. The second-order valence-corrected chi connectivity index (χ2v) is 9.68. The van der Waals surface area contributed by atoms with Gasteiger partial charge < -0.3 is 14.4 Å². The predicted octanol–water partition coefficient (Wildman–Crippen LogP) is 5.27. The third-order valence-corrected chi connectivity index (χ3v) is 7.54.